The fraction of sp³-hybridized carbons (Fsp3) is 0.643. The SMILES string of the molecule is CCCCC(CCCC)c1cn2ccsc2n1. The highest BCUT2D eigenvalue weighted by molar-refractivity contribution is 7.15. The zero-order valence-corrected chi connectivity index (χ0v) is 11.7. The second-order valence-corrected chi connectivity index (χ2v) is 5.61. The third-order valence-electron chi connectivity index (χ3n) is 3.34. The highest BCUT2D eigenvalue weighted by Crippen LogP contribution is 2.28. The summed E-state index contributed by atoms with van der Waals surface area (Å²) in [6.07, 6.45) is 12.1. The van der Waals surface area contributed by atoms with Crippen LogP contribution in [0.5, 0.6) is 0 Å². The molecule has 2 aromatic rings. The maximum atomic E-state index is 4.76. The van der Waals surface area contributed by atoms with E-state index in [1.165, 1.54) is 44.2 Å². The van der Waals surface area contributed by atoms with Crippen molar-refractivity contribution in [2.24, 2.45) is 0 Å². The molecule has 0 spiro atoms. The molecular weight excluding hydrogens is 228 g/mol. The molecule has 0 amide bonds. The summed E-state index contributed by atoms with van der Waals surface area (Å²) < 4.78 is 2.16. The van der Waals surface area contributed by atoms with E-state index < -0.39 is 0 Å². The molecule has 2 heterocycles. The van der Waals surface area contributed by atoms with Crippen LogP contribution in [0.25, 0.3) is 4.96 Å². The van der Waals surface area contributed by atoms with Crippen LogP contribution in [0.1, 0.15) is 64.0 Å². The Hall–Kier alpha value is -0.830. The molecule has 0 saturated heterocycles. The Balaban J connectivity index is 2.10. The molecule has 0 unspecified atom stereocenters. The van der Waals surface area contributed by atoms with Crippen molar-refractivity contribution in [1.29, 1.82) is 0 Å². The molecule has 2 rings (SSSR count). The van der Waals surface area contributed by atoms with E-state index >= 15 is 0 Å². The average Bonchev–Trinajstić information content (AvgIpc) is 2.89. The minimum atomic E-state index is 0.669. The van der Waals surface area contributed by atoms with Crippen LogP contribution in [0, 0.1) is 0 Å². The first-order chi connectivity index (χ1) is 8.35. The van der Waals surface area contributed by atoms with Gasteiger partial charge in [-0.05, 0) is 12.8 Å². The summed E-state index contributed by atoms with van der Waals surface area (Å²) in [6, 6.07) is 0. The largest absolute Gasteiger partial charge is 0.297 e. The average molecular weight is 250 g/mol. The quantitative estimate of drug-likeness (QED) is 0.686. The Morgan fingerprint density at radius 1 is 1.24 bits per heavy atom. The van der Waals surface area contributed by atoms with Gasteiger partial charge in [-0.2, -0.15) is 0 Å². The van der Waals surface area contributed by atoms with Crippen molar-refractivity contribution in [1.82, 2.24) is 9.38 Å². The lowest BCUT2D eigenvalue weighted by Crippen LogP contribution is -1.99. The van der Waals surface area contributed by atoms with Crippen molar-refractivity contribution in [2.45, 2.75) is 58.3 Å². The molecule has 2 aromatic heterocycles. The van der Waals surface area contributed by atoms with Crippen molar-refractivity contribution in [3.05, 3.63) is 23.5 Å². The molecule has 0 fully saturated rings. The fourth-order valence-corrected chi connectivity index (χ4v) is 2.99. The van der Waals surface area contributed by atoms with Crippen LogP contribution in [0.15, 0.2) is 17.8 Å². The molecule has 3 heteroatoms. The molecule has 0 aliphatic heterocycles. The lowest BCUT2D eigenvalue weighted by molar-refractivity contribution is 0.517. The van der Waals surface area contributed by atoms with E-state index in [-0.39, 0.29) is 0 Å². The smallest absolute Gasteiger partial charge is 0.193 e. The monoisotopic (exact) mass is 250 g/mol. The Labute approximate surface area is 108 Å². The highest BCUT2D eigenvalue weighted by Gasteiger charge is 2.14. The second kappa shape index (κ2) is 6.20. The lowest BCUT2D eigenvalue weighted by atomic mass is 9.93. The molecule has 0 atom stereocenters. The van der Waals surface area contributed by atoms with Gasteiger partial charge < -0.3 is 0 Å². The van der Waals surface area contributed by atoms with Crippen molar-refractivity contribution < 1.29 is 0 Å². The molecule has 0 aromatic carbocycles. The molecular formula is C14H22N2S. The number of unbranched alkanes of at least 4 members (excludes halogenated alkanes) is 2. The van der Waals surface area contributed by atoms with Crippen LogP contribution in [0.4, 0.5) is 0 Å². The number of thiazole rings is 1. The van der Waals surface area contributed by atoms with Crippen LogP contribution in [-0.2, 0) is 0 Å². The summed E-state index contributed by atoms with van der Waals surface area (Å²) in [5, 5.41) is 2.10. The molecule has 0 saturated carbocycles. The van der Waals surface area contributed by atoms with Gasteiger partial charge in [-0.3, -0.25) is 4.40 Å². The van der Waals surface area contributed by atoms with E-state index in [4.69, 9.17) is 4.98 Å². The van der Waals surface area contributed by atoms with Crippen molar-refractivity contribution in [3.8, 4) is 0 Å². The molecule has 0 aliphatic rings. The third kappa shape index (κ3) is 3.09. The molecule has 0 aliphatic carbocycles. The van der Waals surface area contributed by atoms with Gasteiger partial charge in [-0.25, -0.2) is 4.98 Å². The molecule has 0 bridgehead atoms. The second-order valence-electron chi connectivity index (χ2n) is 4.74. The Morgan fingerprint density at radius 2 is 1.94 bits per heavy atom. The number of aromatic nitrogens is 2. The van der Waals surface area contributed by atoms with E-state index in [9.17, 15) is 0 Å². The van der Waals surface area contributed by atoms with Gasteiger partial charge >= 0.3 is 0 Å². The molecule has 94 valence electrons. The third-order valence-corrected chi connectivity index (χ3v) is 4.11. The number of imidazole rings is 1. The fourth-order valence-electron chi connectivity index (χ4n) is 2.28. The maximum absolute atomic E-state index is 4.76. The number of fused-ring (bicyclic) bond motifs is 1. The Morgan fingerprint density at radius 3 is 2.53 bits per heavy atom. The summed E-state index contributed by atoms with van der Waals surface area (Å²) in [7, 11) is 0. The van der Waals surface area contributed by atoms with Gasteiger partial charge in [0.05, 0.1) is 5.69 Å². The maximum Gasteiger partial charge on any atom is 0.193 e. The minimum absolute atomic E-state index is 0.669. The molecule has 17 heavy (non-hydrogen) atoms. The van der Waals surface area contributed by atoms with E-state index in [2.05, 4.69) is 36.0 Å². The number of hydrogen-bond donors (Lipinski definition) is 0. The first-order valence-electron chi connectivity index (χ1n) is 6.77. The van der Waals surface area contributed by atoms with Gasteiger partial charge in [-0.15, -0.1) is 11.3 Å². The van der Waals surface area contributed by atoms with Gasteiger partial charge in [0.15, 0.2) is 4.96 Å². The van der Waals surface area contributed by atoms with Crippen molar-refractivity contribution in [2.75, 3.05) is 0 Å². The zero-order valence-electron chi connectivity index (χ0n) is 10.9. The summed E-state index contributed by atoms with van der Waals surface area (Å²) in [5.41, 5.74) is 1.30. The van der Waals surface area contributed by atoms with Gasteiger partial charge in [-0.1, -0.05) is 39.5 Å². The van der Waals surface area contributed by atoms with E-state index in [0.29, 0.717) is 5.92 Å². The van der Waals surface area contributed by atoms with Gasteiger partial charge in [0.1, 0.15) is 0 Å². The van der Waals surface area contributed by atoms with E-state index in [1.807, 2.05) is 0 Å². The normalized spacial score (nSPS) is 11.7. The summed E-state index contributed by atoms with van der Waals surface area (Å²) in [6.45, 7) is 4.53. The zero-order chi connectivity index (χ0) is 12.1. The first kappa shape index (κ1) is 12.6. The molecule has 0 radical (unpaired) electrons. The topological polar surface area (TPSA) is 17.3 Å². The van der Waals surface area contributed by atoms with Crippen molar-refractivity contribution >= 4 is 16.3 Å². The number of hydrogen-bond acceptors (Lipinski definition) is 2. The lowest BCUT2D eigenvalue weighted by Gasteiger charge is -2.13. The van der Waals surface area contributed by atoms with Gasteiger partial charge in [0, 0.05) is 23.7 Å². The highest BCUT2D eigenvalue weighted by atomic mass is 32.1. The van der Waals surface area contributed by atoms with Crippen molar-refractivity contribution in [3.63, 3.8) is 0 Å². The molecule has 2 nitrogen and oxygen atoms in total. The van der Waals surface area contributed by atoms with E-state index in [1.54, 1.807) is 11.3 Å². The predicted octanol–water partition coefficient (Wildman–Crippen LogP) is 4.86. The Kier molecular flexibility index (Phi) is 4.60. The minimum Gasteiger partial charge on any atom is -0.297 e. The van der Waals surface area contributed by atoms with Crippen LogP contribution in [0.2, 0.25) is 0 Å². The number of nitrogens with zero attached hydrogens (tertiary/aromatic N) is 2. The summed E-state index contributed by atoms with van der Waals surface area (Å²) >= 11 is 1.73. The predicted molar refractivity (Wildman–Crippen MR) is 74.9 cm³/mol. The van der Waals surface area contributed by atoms with E-state index in [0.717, 1.165) is 4.96 Å². The first-order valence-corrected chi connectivity index (χ1v) is 7.65. The van der Waals surface area contributed by atoms with Gasteiger partial charge in [0.25, 0.3) is 0 Å². The van der Waals surface area contributed by atoms with Crippen LogP contribution in [0.3, 0.4) is 0 Å². The molecule has 0 N–H and O–H groups in total. The summed E-state index contributed by atoms with van der Waals surface area (Å²) in [5.74, 6) is 0.669. The Bertz CT molecular complexity index is 407. The van der Waals surface area contributed by atoms with Crippen LogP contribution in [-0.4, -0.2) is 9.38 Å². The standard InChI is InChI=1S/C14H22N2S/c1-3-5-7-12(8-6-4-2)13-11-16-9-10-17-14(16)15-13/h9-12H,3-8H2,1-2H3. The van der Waals surface area contributed by atoms with Crippen LogP contribution < -0.4 is 0 Å². The summed E-state index contributed by atoms with van der Waals surface area (Å²) in [4.78, 5) is 5.90. The number of rotatable bonds is 7. The van der Waals surface area contributed by atoms with Gasteiger partial charge in [0.2, 0.25) is 0 Å². The van der Waals surface area contributed by atoms with Crippen LogP contribution >= 0.6 is 11.3 Å².